The van der Waals surface area contributed by atoms with Gasteiger partial charge in [-0.1, -0.05) is 71.1 Å². The molecule has 0 amide bonds. The maximum atomic E-state index is 11.7. The largest absolute Gasteiger partial charge is 0.427 e. The smallest absolute Gasteiger partial charge is 0.311 e. The number of hydrogen-bond acceptors (Lipinski definition) is 3. The summed E-state index contributed by atoms with van der Waals surface area (Å²) >= 11 is 0. The predicted molar refractivity (Wildman–Crippen MR) is 98.5 cm³/mol. The molecule has 0 N–H and O–H groups in total. The van der Waals surface area contributed by atoms with Gasteiger partial charge in [0.05, 0.1) is 0 Å². The number of rotatable bonds is 14. The molecule has 3 heteroatoms. The van der Waals surface area contributed by atoms with E-state index in [0.717, 1.165) is 19.1 Å². The van der Waals surface area contributed by atoms with E-state index in [1.165, 1.54) is 57.8 Å². The Hall–Kier alpha value is -1.64. The van der Waals surface area contributed by atoms with Crippen molar-refractivity contribution in [3.63, 3.8) is 0 Å². The van der Waals surface area contributed by atoms with Gasteiger partial charge in [0.2, 0.25) is 0 Å². The van der Waals surface area contributed by atoms with Crippen molar-refractivity contribution >= 4 is 12.3 Å². The van der Waals surface area contributed by atoms with Crippen molar-refractivity contribution in [2.45, 2.75) is 84.0 Å². The highest BCUT2D eigenvalue weighted by Crippen LogP contribution is 2.14. The Bertz CT molecular complexity index is 451. The first-order valence-corrected chi connectivity index (χ1v) is 9.52. The number of carbonyl (C=O) groups is 2. The zero-order valence-corrected chi connectivity index (χ0v) is 15.1. The van der Waals surface area contributed by atoms with E-state index in [2.05, 4.69) is 6.92 Å². The molecule has 0 bridgehead atoms. The van der Waals surface area contributed by atoms with E-state index in [-0.39, 0.29) is 5.97 Å². The second-order valence-corrected chi connectivity index (χ2v) is 6.45. The van der Waals surface area contributed by atoms with E-state index < -0.39 is 0 Å². The van der Waals surface area contributed by atoms with Crippen LogP contribution in [0.1, 0.15) is 94.3 Å². The molecule has 0 aromatic heterocycles. The van der Waals surface area contributed by atoms with E-state index >= 15 is 0 Å². The number of benzene rings is 1. The van der Waals surface area contributed by atoms with Crippen LogP contribution in [0.25, 0.3) is 0 Å². The average molecular weight is 332 g/mol. The Morgan fingerprint density at radius 2 is 1.33 bits per heavy atom. The van der Waals surface area contributed by atoms with E-state index in [1.54, 1.807) is 24.3 Å². The van der Waals surface area contributed by atoms with Gasteiger partial charge in [0, 0.05) is 12.0 Å². The number of aldehydes is 1. The van der Waals surface area contributed by atoms with Crippen LogP contribution < -0.4 is 4.74 Å². The third-order valence-corrected chi connectivity index (χ3v) is 4.23. The summed E-state index contributed by atoms with van der Waals surface area (Å²) in [5.41, 5.74) is 0.583. The van der Waals surface area contributed by atoms with Crippen LogP contribution in [-0.4, -0.2) is 12.3 Å². The van der Waals surface area contributed by atoms with Crippen LogP contribution in [0.15, 0.2) is 24.3 Å². The summed E-state index contributed by atoms with van der Waals surface area (Å²) in [6.45, 7) is 2.25. The summed E-state index contributed by atoms with van der Waals surface area (Å²) in [6.07, 6.45) is 15.2. The maximum absolute atomic E-state index is 11.7. The Balaban J connectivity index is 1.95. The third kappa shape index (κ3) is 10.2. The van der Waals surface area contributed by atoms with E-state index in [0.29, 0.717) is 17.7 Å². The van der Waals surface area contributed by atoms with Crippen molar-refractivity contribution in [2.24, 2.45) is 0 Å². The lowest BCUT2D eigenvalue weighted by molar-refractivity contribution is -0.134. The Morgan fingerprint density at radius 3 is 1.83 bits per heavy atom. The molecule has 1 rings (SSSR count). The predicted octanol–water partition coefficient (Wildman–Crippen LogP) is 6.11. The molecule has 134 valence electrons. The van der Waals surface area contributed by atoms with E-state index in [4.69, 9.17) is 4.74 Å². The number of unbranched alkanes of at least 4 members (excludes halogenated alkanes) is 10. The summed E-state index contributed by atoms with van der Waals surface area (Å²) in [6, 6.07) is 6.61. The summed E-state index contributed by atoms with van der Waals surface area (Å²) in [5, 5.41) is 0. The molecule has 0 aliphatic rings. The van der Waals surface area contributed by atoms with Gasteiger partial charge in [-0.05, 0) is 30.7 Å². The molecule has 1 aromatic carbocycles. The first-order chi connectivity index (χ1) is 11.8. The molecule has 0 heterocycles. The van der Waals surface area contributed by atoms with Crippen molar-refractivity contribution in [1.82, 2.24) is 0 Å². The van der Waals surface area contributed by atoms with Crippen LogP contribution in [0.3, 0.4) is 0 Å². The van der Waals surface area contributed by atoms with Crippen LogP contribution in [0, 0.1) is 0 Å². The van der Waals surface area contributed by atoms with Crippen molar-refractivity contribution in [2.75, 3.05) is 0 Å². The van der Waals surface area contributed by atoms with Gasteiger partial charge in [-0.2, -0.15) is 0 Å². The van der Waals surface area contributed by atoms with Gasteiger partial charge in [-0.3, -0.25) is 9.59 Å². The van der Waals surface area contributed by atoms with Gasteiger partial charge in [-0.15, -0.1) is 0 Å². The van der Waals surface area contributed by atoms with Gasteiger partial charge in [-0.25, -0.2) is 0 Å². The summed E-state index contributed by atoms with van der Waals surface area (Å²) in [5.74, 6) is 0.318. The van der Waals surface area contributed by atoms with E-state index in [9.17, 15) is 9.59 Å². The standard InChI is InChI=1S/C21H32O3/c1-2-3-4-5-6-7-8-9-10-11-12-13-21(23)24-20-16-14-19(18-22)15-17-20/h14-18H,2-13H2,1H3. The lowest BCUT2D eigenvalue weighted by Crippen LogP contribution is -2.07. The lowest BCUT2D eigenvalue weighted by atomic mass is 10.1. The number of ether oxygens (including phenoxy) is 1. The van der Waals surface area contributed by atoms with Crippen LogP contribution >= 0.6 is 0 Å². The van der Waals surface area contributed by atoms with Crippen molar-refractivity contribution in [1.29, 1.82) is 0 Å². The lowest BCUT2D eigenvalue weighted by Gasteiger charge is -2.05. The molecule has 0 saturated carbocycles. The minimum absolute atomic E-state index is 0.190. The minimum atomic E-state index is -0.190. The Morgan fingerprint density at radius 1 is 0.833 bits per heavy atom. The van der Waals surface area contributed by atoms with Gasteiger partial charge in [0.15, 0.2) is 0 Å². The molecular formula is C21H32O3. The fraction of sp³-hybridized carbons (Fsp3) is 0.619. The molecule has 0 spiro atoms. The molecule has 0 atom stereocenters. The van der Waals surface area contributed by atoms with Gasteiger partial charge >= 0.3 is 5.97 Å². The van der Waals surface area contributed by atoms with Crippen molar-refractivity contribution in [3.8, 4) is 5.75 Å². The van der Waals surface area contributed by atoms with Crippen LogP contribution in [-0.2, 0) is 4.79 Å². The van der Waals surface area contributed by atoms with Crippen molar-refractivity contribution in [3.05, 3.63) is 29.8 Å². The fourth-order valence-electron chi connectivity index (χ4n) is 2.73. The van der Waals surface area contributed by atoms with Crippen LogP contribution in [0.5, 0.6) is 5.75 Å². The van der Waals surface area contributed by atoms with Crippen LogP contribution in [0.4, 0.5) is 0 Å². The average Bonchev–Trinajstić information content (AvgIpc) is 2.60. The van der Waals surface area contributed by atoms with Gasteiger partial charge < -0.3 is 4.74 Å². The second-order valence-electron chi connectivity index (χ2n) is 6.45. The first-order valence-electron chi connectivity index (χ1n) is 9.52. The normalized spacial score (nSPS) is 10.5. The number of esters is 1. The quantitative estimate of drug-likeness (QED) is 0.179. The topological polar surface area (TPSA) is 43.4 Å². The summed E-state index contributed by atoms with van der Waals surface area (Å²) in [4.78, 5) is 22.3. The number of carbonyl (C=O) groups excluding carboxylic acids is 2. The maximum Gasteiger partial charge on any atom is 0.311 e. The minimum Gasteiger partial charge on any atom is -0.427 e. The molecule has 1 aromatic rings. The molecule has 0 fully saturated rings. The molecule has 3 nitrogen and oxygen atoms in total. The zero-order valence-electron chi connectivity index (χ0n) is 15.1. The van der Waals surface area contributed by atoms with Gasteiger partial charge in [0.1, 0.15) is 12.0 Å². The van der Waals surface area contributed by atoms with Crippen molar-refractivity contribution < 1.29 is 14.3 Å². The molecule has 0 saturated heterocycles. The number of hydrogen-bond donors (Lipinski definition) is 0. The first kappa shape index (κ1) is 20.4. The van der Waals surface area contributed by atoms with Gasteiger partial charge in [0.25, 0.3) is 0 Å². The second kappa shape index (κ2) is 13.8. The molecule has 0 radical (unpaired) electrons. The molecule has 0 unspecified atom stereocenters. The zero-order chi connectivity index (χ0) is 17.5. The fourth-order valence-corrected chi connectivity index (χ4v) is 2.73. The Labute approximate surface area is 146 Å². The highest BCUT2D eigenvalue weighted by molar-refractivity contribution is 5.76. The third-order valence-electron chi connectivity index (χ3n) is 4.23. The van der Waals surface area contributed by atoms with Crippen LogP contribution in [0.2, 0.25) is 0 Å². The highest BCUT2D eigenvalue weighted by atomic mass is 16.5. The summed E-state index contributed by atoms with van der Waals surface area (Å²) in [7, 11) is 0. The highest BCUT2D eigenvalue weighted by Gasteiger charge is 2.04. The molecule has 0 aliphatic heterocycles. The Kier molecular flexibility index (Phi) is 11.7. The monoisotopic (exact) mass is 332 g/mol. The summed E-state index contributed by atoms with van der Waals surface area (Å²) < 4.78 is 5.25. The van der Waals surface area contributed by atoms with E-state index in [1.807, 2.05) is 0 Å². The molecule has 0 aliphatic carbocycles. The SMILES string of the molecule is CCCCCCCCCCCCCC(=O)Oc1ccc(C=O)cc1. The molecular weight excluding hydrogens is 300 g/mol. The molecule has 24 heavy (non-hydrogen) atoms.